The van der Waals surface area contributed by atoms with Gasteiger partial charge in [-0.25, -0.2) is 9.50 Å². The highest BCUT2D eigenvalue weighted by Crippen LogP contribution is 2.19. The summed E-state index contributed by atoms with van der Waals surface area (Å²) in [5.41, 5.74) is 2.00. The molecular formula is C11H15N5. The summed E-state index contributed by atoms with van der Waals surface area (Å²) in [6.45, 7) is 3.07. The van der Waals surface area contributed by atoms with Crippen molar-refractivity contribution in [3.8, 4) is 0 Å². The normalized spacial score (nSPS) is 22.7. The Labute approximate surface area is 94.1 Å². The van der Waals surface area contributed by atoms with E-state index in [-0.39, 0.29) is 0 Å². The van der Waals surface area contributed by atoms with Gasteiger partial charge in [0.15, 0.2) is 5.65 Å². The van der Waals surface area contributed by atoms with Crippen LogP contribution in [0.2, 0.25) is 0 Å². The monoisotopic (exact) mass is 217 g/mol. The quantitative estimate of drug-likeness (QED) is 0.746. The van der Waals surface area contributed by atoms with Gasteiger partial charge >= 0.3 is 0 Å². The Morgan fingerprint density at radius 1 is 1.50 bits per heavy atom. The van der Waals surface area contributed by atoms with Crippen molar-refractivity contribution in [3.05, 3.63) is 30.2 Å². The lowest BCUT2D eigenvalue weighted by atomic mass is 10.1. The molecule has 2 aromatic heterocycles. The van der Waals surface area contributed by atoms with Gasteiger partial charge in [-0.2, -0.15) is 5.10 Å². The Balaban J connectivity index is 1.98. The summed E-state index contributed by atoms with van der Waals surface area (Å²) >= 11 is 0. The second-order valence-electron chi connectivity index (χ2n) is 4.19. The maximum atomic E-state index is 4.56. The first kappa shape index (κ1) is 9.74. The van der Waals surface area contributed by atoms with Gasteiger partial charge in [0.1, 0.15) is 0 Å². The summed E-state index contributed by atoms with van der Waals surface area (Å²) in [6, 6.07) is 4.32. The zero-order chi connectivity index (χ0) is 11.0. The SMILES string of the molecule is CN1CCNCC1c1cc2ncccn2n1. The van der Waals surface area contributed by atoms with E-state index in [1.165, 1.54) is 0 Å². The molecule has 0 amide bonds. The molecule has 0 aromatic carbocycles. The van der Waals surface area contributed by atoms with Gasteiger partial charge in [0, 0.05) is 38.1 Å². The number of nitrogens with one attached hydrogen (secondary N) is 1. The van der Waals surface area contributed by atoms with Crippen LogP contribution in [0, 0.1) is 0 Å². The number of nitrogens with zero attached hydrogens (tertiary/aromatic N) is 4. The van der Waals surface area contributed by atoms with Crippen LogP contribution in [0.15, 0.2) is 24.5 Å². The maximum absolute atomic E-state index is 4.56. The van der Waals surface area contributed by atoms with Gasteiger partial charge in [0.25, 0.3) is 0 Å². The number of hydrogen-bond acceptors (Lipinski definition) is 4. The van der Waals surface area contributed by atoms with E-state index in [2.05, 4.69) is 33.4 Å². The van der Waals surface area contributed by atoms with Crippen LogP contribution in [0.25, 0.3) is 5.65 Å². The minimum absolute atomic E-state index is 0.357. The molecule has 3 heterocycles. The lowest BCUT2D eigenvalue weighted by Crippen LogP contribution is -2.43. The molecule has 1 N–H and O–H groups in total. The molecule has 5 heteroatoms. The molecule has 1 unspecified atom stereocenters. The van der Waals surface area contributed by atoms with Crippen LogP contribution in [0.3, 0.4) is 0 Å². The first-order valence-electron chi connectivity index (χ1n) is 5.56. The van der Waals surface area contributed by atoms with E-state index < -0.39 is 0 Å². The van der Waals surface area contributed by atoms with Gasteiger partial charge in [-0.05, 0) is 13.1 Å². The number of likely N-dealkylation sites (N-methyl/N-ethyl adjacent to an activating group) is 1. The van der Waals surface area contributed by atoms with Gasteiger partial charge in [-0.3, -0.25) is 4.90 Å². The molecule has 0 spiro atoms. The topological polar surface area (TPSA) is 45.5 Å². The molecule has 3 rings (SSSR count). The molecule has 1 atom stereocenters. The predicted molar refractivity (Wildman–Crippen MR) is 61.2 cm³/mol. The summed E-state index contributed by atoms with van der Waals surface area (Å²) in [4.78, 5) is 6.61. The van der Waals surface area contributed by atoms with Crippen LogP contribution in [0.4, 0.5) is 0 Å². The molecule has 0 radical (unpaired) electrons. The standard InChI is InChI=1S/C11H15N5/c1-15-6-4-12-8-10(15)9-7-11-13-3-2-5-16(11)14-9/h2-3,5,7,10,12H,4,6,8H2,1H3. The fraction of sp³-hybridized carbons (Fsp3) is 0.455. The highest BCUT2D eigenvalue weighted by molar-refractivity contribution is 5.39. The van der Waals surface area contributed by atoms with E-state index in [1.54, 1.807) is 6.20 Å². The summed E-state index contributed by atoms with van der Waals surface area (Å²) in [6.07, 6.45) is 3.73. The van der Waals surface area contributed by atoms with Crippen molar-refractivity contribution >= 4 is 5.65 Å². The third-order valence-electron chi connectivity index (χ3n) is 3.11. The van der Waals surface area contributed by atoms with Crippen LogP contribution in [0.1, 0.15) is 11.7 Å². The molecule has 0 aliphatic carbocycles. The van der Waals surface area contributed by atoms with Crippen molar-refractivity contribution in [1.29, 1.82) is 0 Å². The lowest BCUT2D eigenvalue weighted by molar-refractivity contribution is 0.198. The van der Waals surface area contributed by atoms with Gasteiger partial charge in [0.2, 0.25) is 0 Å². The van der Waals surface area contributed by atoms with Crippen LogP contribution < -0.4 is 5.32 Å². The fourth-order valence-electron chi connectivity index (χ4n) is 2.15. The zero-order valence-corrected chi connectivity index (χ0v) is 9.30. The highest BCUT2D eigenvalue weighted by Gasteiger charge is 2.22. The number of hydrogen-bond donors (Lipinski definition) is 1. The largest absolute Gasteiger partial charge is 0.313 e. The minimum atomic E-state index is 0.357. The Morgan fingerprint density at radius 2 is 2.44 bits per heavy atom. The van der Waals surface area contributed by atoms with E-state index in [4.69, 9.17) is 0 Å². The molecule has 2 aromatic rings. The van der Waals surface area contributed by atoms with E-state index in [1.807, 2.05) is 16.8 Å². The minimum Gasteiger partial charge on any atom is -0.313 e. The highest BCUT2D eigenvalue weighted by atomic mass is 15.3. The molecule has 16 heavy (non-hydrogen) atoms. The predicted octanol–water partition coefficient (Wildman–Crippen LogP) is 0.305. The maximum Gasteiger partial charge on any atom is 0.155 e. The number of piperazine rings is 1. The molecule has 1 fully saturated rings. The molecule has 1 aliphatic rings. The average Bonchev–Trinajstić information content (AvgIpc) is 2.73. The van der Waals surface area contributed by atoms with E-state index in [0.717, 1.165) is 31.0 Å². The summed E-state index contributed by atoms with van der Waals surface area (Å²) < 4.78 is 1.83. The third kappa shape index (κ3) is 1.58. The molecule has 0 saturated carbocycles. The second-order valence-corrected chi connectivity index (χ2v) is 4.19. The molecule has 1 saturated heterocycles. The molecular weight excluding hydrogens is 202 g/mol. The number of rotatable bonds is 1. The summed E-state index contributed by atoms with van der Waals surface area (Å²) in [5, 5.41) is 7.96. The smallest absolute Gasteiger partial charge is 0.155 e. The lowest BCUT2D eigenvalue weighted by Gasteiger charge is -2.31. The van der Waals surface area contributed by atoms with Crippen molar-refractivity contribution in [2.75, 3.05) is 26.7 Å². The van der Waals surface area contributed by atoms with Gasteiger partial charge in [-0.15, -0.1) is 0 Å². The fourth-order valence-corrected chi connectivity index (χ4v) is 2.15. The van der Waals surface area contributed by atoms with Gasteiger partial charge in [0.05, 0.1) is 11.7 Å². The second kappa shape index (κ2) is 3.84. The first-order chi connectivity index (χ1) is 7.84. The molecule has 0 bridgehead atoms. The van der Waals surface area contributed by atoms with Crippen LogP contribution in [-0.2, 0) is 0 Å². The van der Waals surface area contributed by atoms with E-state index >= 15 is 0 Å². The Kier molecular flexibility index (Phi) is 2.34. The Bertz CT molecular complexity index is 459. The Hall–Kier alpha value is -1.46. The average molecular weight is 217 g/mol. The molecule has 5 nitrogen and oxygen atoms in total. The van der Waals surface area contributed by atoms with Crippen LogP contribution >= 0.6 is 0 Å². The summed E-state index contributed by atoms with van der Waals surface area (Å²) in [7, 11) is 2.14. The molecule has 1 aliphatic heterocycles. The van der Waals surface area contributed by atoms with Crippen molar-refractivity contribution in [2.45, 2.75) is 6.04 Å². The van der Waals surface area contributed by atoms with E-state index in [0.29, 0.717) is 6.04 Å². The third-order valence-corrected chi connectivity index (χ3v) is 3.11. The van der Waals surface area contributed by atoms with Crippen LogP contribution in [0.5, 0.6) is 0 Å². The van der Waals surface area contributed by atoms with Crippen molar-refractivity contribution in [2.24, 2.45) is 0 Å². The van der Waals surface area contributed by atoms with Gasteiger partial charge < -0.3 is 5.32 Å². The zero-order valence-electron chi connectivity index (χ0n) is 9.30. The first-order valence-corrected chi connectivity index (χ1v) is 5.56. The summed E-state index contributed by atoms with van der Waals surface area (Å²) in [5.74, 6) is 0. The van der Waals surface area contributed by atoms with Crippen molar-refractivity contribution < 1.29 is 0 Å². The van der Waals surface area contributed by atoms with Crippen molar-refractivity contribution in [1.82, 2.24) is 24.8 Å². The molecule has 84 valence electrons. The van der Waals surface area contributed by atoms with Crippen molar-refractivity contribution in [3.63, 3.8) is 0 Å². The number of fused-ring (bicyclic) bond motifs is 1. The Morgan fingerprint density at radius 3 is 3.25 bits per heavy atom. The van der Waals surface area contributed by atoms with Gasteiger partial charge in [-0.1, -0.05) is 0 Å². The van der Waals surface area contributed by atoms with E-state index in [9.17, 15) is 0 Å². The van der Waals surface area contributed by atoms with Crippen LogP contribution in [-0.4, -0.2) is 46.2 Å². The number of aromatic nitrogens is 3.